The highest BCUT2D eigenvalue weighted by molar-refractivity contribution is 5.84. The van der Waals surface area contributed by atoms with Crippen LogP contribution in [0, 0.1) is 0 Å². The minimum Gasteiger partial charge on any atom is -0.394 e. The molecule has 1 aliphatic rings. The third-order valence-electron chi connectivity index (χ3n) is 2.75. The summed E-state index contributed by atoms with van der Waals surface area (Å²) >= 11 is 0. The number of aliphatic hydroxyl groups excluding tert-OH is 3. The van der Waals surface area contributed by atoms with Crippen LogP contribution in [0.2, 0.25) is 0 Å². The Morgan fingerprint density at radius 1 is 1.56 bits per heavy atom. The van der Waals surface area contributed by atoms with E-state index in [1.807, 2.05) is 5.43 Å². The first-order valence-corrected chi connectivity index (χ1v) is 5.06. The van der Waals surface area contributed by atoms with Crippen LogP contribution < -0.4 is 5.43 Å². The number of hydrogen-bond donors (Lipinski definition) is 5. The van der Waals surface area contributed by atoms with Gasteiger partial charge >= 0.3 is 0 Å². The lowest BCUT2D eigenvalue weighted by Crippen LogP contribution is -2.71. The normalized spacial score (nSPS) is 39.8. The maximum atomic E-state index is 11.4. The van der Waals surface area contributed by atoms with Crippen molar-refractivity contribution in [2.75, 3.05) is 6.61 Å². The minimum absolute atomic E-state index is 0.706. The van der Waals surface area contributed by atoms with Crippen molar-refractivity contribution in [1.29, 1.82) is 0 Å². The summed E-state index contributed by atoms with van der Waals surface area (Å²) in [6.45, 7) is 0.283. The van der Waals surface area contributed by atoms with Crippen LogP contribution in [-0.2, 0) is 9.53 Å². The fourth-order valence-corrected chi connectivity index (χ4v) is 1.72. The lowest BCUT2D eigenvalue weighted by molar-refractivity contribution is -0.301. The van der Waals surface area contributed by atoms with Crippen LogP contribution in [0.5, 0.6) is 0 Å². The SMILES string of the molecule is CC(=O)C1(O)O[C@H](CO)[C@H](O)[C@H](O)[C@H]1NN=[N+]=[N-]. The van der Waals surface area contributed by atoms with Crippen molar-refractivity contribution in [2.45, 2.75) is 37.1 Å². The number of rotatable bonds is 4. The fourth-order valence-electron chi connectivity index (χ4n) is 1.72. The van der Waals surface area contributed by atoms with Crippen LogP contribution in [0.25, 0.3) is 10.4 Å². The molecule has 10 heteroatoms. The van der Waals surface area contributed by atoms with Gasteiger partial charge in [0.2, 0.25) is 0 Å². The van der Waals surface area contributed by atoms with Crippen LogP contribution in [0.3, 0.4) is 0 Å². The van der Waals surface area contributed by atoms with E-state index in [0.717, 1.165) is 6.92 Å². The standard InChI is InChI=1S/C8H14N4O6/c1-3(14)8(17)7(10-12-11-9)6(16)5(15)4(2-13)18-8/h4-7,10,13,15-17H,2H2,1H3/t4-,5+,6+,7-,8?/m1/s1. The highest BCUT2D eigenvalue weighted by atomic mass is 16.7. The summed E-state index contributed by atoms with van der Waals surface area (Å²) in [5, 5.41) is 41.2. The van der Waals surface area contributed by atoms with Crippen LogP contribution in [0.1, 0.15) is 6.92 Å². The summed E-state index contributed by atoms with van der Waals surface area (Å²) in [5.74, 6) is -3.39. The number of carbonyl (C=O) groups excluding carboxylic acids is 1. The number of Topliss-reactive ketones (excluding diaryl/α,β-unsaturated/α-hetero) is 1. The van der Waals surface area contributed by atoms with Gasteiger partial charge in [0.1, 0.15) is 18.3 Å². The molecule has 0 aromatic heterocycles. The lowest BCUT2D eigenvalue weighted by Gasteiger charge is -2.43. The molecule has 0 amide bonds. The van der Waals surface area contributed by atoms with E-state index in [1.165, 1.54) is 0 Å². The average molecular weight is 262 g/mol. The molecule has 102 valence electrons. The molecule has 1 aliphatic heterocycles. The van der Waals surface area contributed by atoms with E-state index >= 15 is 0 Å². The molecule has 10 nitrogen and oxygen atoms in total. The topological polar surface area (TPSA) is 168 Å². The number of azide groups is 1. The number of aliphatic hydroxyl groups is 4. The van der Waals surface area contributed by atoms with Crippen LogP contribution >= 0.6 is 0 Å². The maximum absolute atomic E-state index is 11.4. The van der Waals surface area contributed by atoms with Gasteiger partial charge in [-0.3, -0.25) is 4.79 Å². The largest absolute Gasteiger partial charge is 0.394 e. The van der Waals surface area contributed by atoms with Crippen molar-refractivity contribution in [3.8, 4) is 0 Å². The van der Waals surface area contributed by atoms with Crippen molar-refractivity contribution in [3.05, 3.63) is 10.4 Å². The molecule has 1 saturated heterocycles. The van der Waals surface area contributed by atoms with Crippen molar-refractivity contribution in [1.82, 2.24) is 5.43 Å². The molecular weight excluding hydrogens is 248 g/mol. The zero-order chi connectivity index (χ0) is 13.9. The second-order valence-corrected chi connectivity index (χ2v) is 3.87. The smallest absolute Gasteiger partial charge is 0.271 e. The number of nitrogens with one attached hydrogen (secondary N) is 1. The molecule has 1 rings (SSSR count). The number of carbonyl (C=O) groups is 1. The molecule has 5 atom stereocenters. The molecule has 0 aromatic carbocycles. The monoisotopic (exact) mass is 262 g/mol. The summed E-state index contributed by atoms with van der Waals surface area (Å²) in [5.41, 5.74) is 10.1. The number of nitrogens with zero attached hydrogens (tertiary/aromatic N) is 3. The van der Waals surface area contributed by atoms with Gasteiger partial charge in [0, 0.05) is 6.92 Å². The molecule has 0 spiro atoms. The summed E-state index contributed by atoms with van der Waals surface area (Å²) in [4.78, 5) is 13.7. The van der Waals surface area contributed by atoms with Gasteiger partial charge in [-0.05, 0) is 5.22 Å². The molecule has 18 heavy (non-hydrogen) atoms. The van der Waals surface area contributed by atoms with Crippen molar-refractivity contribution < 1.29 is 30.0 Å². The van der Waals surface area contributed by atoms with Crippen LogP contribution in [0.15, 0.2) is 5.22 Å². The van der Waals surface area contributed by atoms with Gasteiger partial charge in [-0.2, -0.15) is 4.91 Å². The van der Waals surface area contributed by atoms with E-state index < -0.39 is 42.5 Å². The van der Waals surface area contributed by atoms with E-state index in [1.54, 1.807) is 0 Å². The lowest BCUT2D eigenvalue weighted by atomic mass is 9.89. The first-order valence-electron chi connectivity index (χ1n) is 5.06. The Morgan fingerprint density at radius 2 is 2.17 bits per heavy atom. The summed E-state index contributed by atoms with van der Waals surface area (Å²) in [6, 6.07) is -1.55. The summed E-state index contributed by atoms with van der Waals surface area (Å²) in [7, 11) is 0. The molecule has 1 unspecified atom stereocenters. The van der Waals surface area contributed by atoms with Gasteiger partial charge in [-0.25, -0.2) is 5.43 Å². The number of ether oxygens (including phenoxy) is 1. The molecule has 1 heterocycles. The first-order chi connectivity index (χ1) is 8.38. The predicted octanol–water partition coefficient (Wildman–Crippen LogP) is -2.44. The third kappa shape index (κ3) is 2.38. The molecule has 0 bridgehead atoms. The zero-order valence-electron chi connectivity index (χ0n) is 9.46. The van der Waals surface area contributed by atoms with Crippen molar-refractivity contribution in [2.24, 2.45) is 5.22 Å². The Hall–Kier alpha value is -1.42. The molecule has 0 saturated carbocycles. The second-order valence-electron chi connectivity index (χ2n) is 3.87. The third-order valence-corrected chi connectivity index (χ3v) is 2.75. The number of hydrogen-bond acceptors (Lipinski definition) is 7. The Morgan fingerprint density at radius 3 is 2.61 bits per heavy atom. The van der Waals surface area contributed by atoms with Crippen molar-refractivity contribution in [3.63, 3.8) is 0 Å². The van der Waals surface area contributed by atoms with Gasteiger partial charge in [0.05, 0.1) is 6.61 Å². The quantitative estimate of drug-likeness (QED) is 0.162. The number of ketones is 1. The highest BCUT2D eigenvalue weighted by Crippen LogP contribution is 2.29. The second kappa shape index (κ2) is 5.48. The molecule has 0 radical (unpaired) electrons. The van der Waals surface area contributed by atoms with E-state index in [2.05, 4.69) is 10.1 Å². The first kappa shape index (κ1) is 14.6. The Bertz CT molecular complexity index is 373. The Balaban J connectivity index is 3.09. The van der Waals surface area contributed by atoms with E-state index in [0.29, 0.717) is 0 Å². The molecule has 5 N–H and O–H groups in total. The van der Waals surface area contributed by atoms with Crippen molar-refractivity contribution >= 4 is 5.78 Å². The highest BCUT2D eigenvalue weighted by Gasteiger charge is 2.58. The summed E-state index contributed by atoms with van der Waals surface area (Å²) in [6.07, 6.45) is -4.56. The molecule has 0 aromatic rings. The van der Waals surface area contributed by atoms with Gasteiger partial charge in [-0.1, -0.05) is 0 Å². The Labute approximate surface area is 101 Å². The van der Waals surface area contributed by atoms with Gasteiger partial charge < -0.3 is 25.2 Å². The molecule has 0 aliphatic carbocycles. The van der Waals surface area contributed by atoms with E-state index in [4.69, 9.17) is 15.4 Å². The van der Waals surface area contributed by atoms with E-state index in [-0.39, 0.29) is 0 Å². The van der Waals surface area contributed by atoms with Gasteiger partial charge in [0.25, 0.3) is 5.79 Å². The molecular formula is C8H14N4O6. The zero-order valence-corrected chi connectivity index (χ0v) is 9.46. The predicted molar refractivity (Wildman–Crippen MR) is 55.7 cm³/mol. The fraction of sp³-hybridized carbons (Fsp3) is 0.875. The molecule has 1 fully saturated rings. The average Bonchev–Trinajstić information content (AvgIpc) is 2.33. The van der Waals surface area contributed by atoms with Crippen LogP contribution in [0.4, 0.5) is 0 Å². The Kier molecular flexibility index (Phi) is 4.46. The minimum atomic E-state index is -2.51. The van der Waals surface area contributed by atoms with Crippen LogP contribution in [-0.4, -0.2) is 63.0 Å². The van der Waals surface area contributed by atoms with Gasteiger partial charge in [-0.15, -0.1) is 5.53 Å². The maximum Gasteiger partial charge on any atom is 0.271 e. The summed E-state index contributed by atoms with van der Waals surface area (Å²) < 4.78 is 4.88. The van der Waals surface area contributed by atoms with E-state index in [9.17, 15) is 20.1 Å². The van der Waals surface area contributed by atoms with Gasteiger partial charge in [0.15, 0.2) is 11.8 Å².